The molecule has 1 saturated heterocycles. The van der Waals surface area contributed by atoms with Crippen molar-refractivity contribution in [1.29, 1.82) is 0 Å². The average molecular weight is 609 g/mol. The molecule has 11 nitrogen and oxygen atoms in total. The van der Waals surface area contributed by atoms with Crippen molar-refractivity contribution in [2.45, 2.75) is 89.9 Å². The molecule has 3 heterocycles. The zero-order valence-corrected chi connectivity index (χ0v) is 24.4. The van der Waals surface area contributed by atoms with Gasteiger partial charge in [-0.2, -0.15) is 0 Å². The van der Waals surface area contributed by atoms with E-state index in [1.54, 1.807) is 47.6 Å². The van der Waals surface area contributed by atoms with Crippen molar-refractivity contribution in [2.24, 2.45) is 0 Å². The molecular weight excluding hydrogens is 573 g/mol. The number of ether oxygens (including phenoxy) is 1. The highest BCUT2D eigenvalue weighted by atomic mass is 32.1. The van der Waals surface area contributed by atoms with E-state index in [4.69, 9.17) is 33.3 Å². The smallest absolute Gasteiger partial charge is 0.403 e. The number of hydrogen-bond donors (Lipinski definition) is 4. The number of phosphoric ester groups is 1. The zero-order valence-electron chi connectivity index (χ0n) is 24.7. The number of nitrogens with zero attached hydrogens (tertiary/aromatic N) is 1. The third-order valence-corrected chi connectivity index (χ3v) is 8.05. The number of fused-ring (bicyclic) bond motifs is 1. The van der Waals surface area contributed by atoms with Crippen LogP contribution in [0.2, 0.25) is 0 Å². The summed E-state index contributed by atoms with van der Waals surface area (Å²) in [5.74, 6) is -4.80. The minimum Gasteiger partial charge on any atom is -0.403 e. The molecule has 5 atom stereocenters. The lowest BCUT2D eigenvalue weighted by atomic mass is 9.78. The van der Waals surface area contributed by atoms with Gasteiger partial charge in [0.05, 0.1) is 27.1 Å². The van der Waals surface area contributed by atoms with Crippen LogP contribution in [0.25, 0.3) is 0 Å². The topological polar surface area (TPSA) is 152 Å². The molecular formula is C25H33F2N2O9PS. The molecule has 0 aliphatic carbocycles. The maximum atomic E-state index is 16.2. The Morgan fingerprint density at radius 1 is 1.27 bits per heavy atom. The van der Waals surface area contributed by atoms with Gasteiger partial charge in [0.25, 0.3) is 11.4 Å². The second kappa shape index (κ2) is 10.4. The van der Waals surface area contributed by atoms with Gasteiger partial charge in [0.15, 0.2) is 11.0 Å². The molecule has 1 aromatic heterocycles. The number of aromatic nitrogens is 2. The lowest BCUT2D eigenvalue weighted by Crippen LogP contribution is -2.43. The summed E-state index contributed by atoms with van der Waals surface area (Å²) in [7, 11) is -5.06. The Morgan fingerprint density at radius 3 is 2.48 bits per heavy atom. The van der Waals surface area contributed by atoms with Crippen LogP contribution in [0.15, 0.2) is 17.1 Å². The summed E-state index contributed by atoms with van der Waals surface area (Å²) < 4.78 is 83.0. The maximum Gasteiger partial charge on any atom is 0.530 e. The highest BCUT2D eigenvalue weighted by Gasteiger charge is 2.57. The first-order valence-electron chi connectivity index (χ1n) is 13.3. The fraction of sp³-hybridized carbons (Fsp3) is 0.600. The Balaban J connectivity index is 1.71. The van der Waals surface area contributed by atoms with Crippen molar-refractivity contribution in [3.05, 3.63) is 55.5 Å². The van der Waals surface area contributed by atoms with Gasteiger partial charge in [-0.3, -0.25) is 23.4 Å². The van der Waals surface area contributed by atoms with Gasteiger partial charge >= 0.3 is 7.82 Å². The lowest BCUT2D eigenvalue weighted by molar-refractivity contribution is -0.205. The second-order valence-corrected chi connectivity index (χ2v) is 13.6. The van der Waals surface area contributed by atoms with Crippen LogP contribution in [0.5, 0.6) is 5.75 Å². The van der Waals surface area contributed by atoms with Crippen LogP contribution >= 0.6 is 20.0 Å². The number of H-pyrrole nitrogens is 1. The number of aliphatic hydroxyl groups excluding tert-OH is 3. The normalized spacial score (nSPS) is 29.9. The number of benzene rings is 1. The summed E-state index contributed by atoms with van der Waals surface area (Å²) in [5.41, 5.74) is -1.69. The van der Waals surface area contributed by atoms with Crippen molar-refractivity contribution in [1.82, 2.24) is 9.55 Å². The van der Waals surface area contributed by atoms with Gasteiger partial charge in [0.2, 0.25) is 0 Å². The van der Waals surface area contributed by atoms with Crippen LogP contribution in [-0.2, 0) is 42.4 Å². The number of nitrogens with one attached hydrogen (secondary N) is 1. The van der Waals surface area contributed by atoms with Crippen molar-refractivity contribution in [3.8, 4) is 5.75 Å². The fourth-order valence-corrected chi connectivity index (χ4v) is 5.65. The van der Waals surface area contributed by atoms with E-state index in [-0.39, 0.29) is 16.9 Å². The number of alkyl halides is 1. The number of halogens is 2. The van der Waals surface area contributed by atoms with Crippen LogP contribution in [0.3, 0.4) is 0 Å². The van der Waals surface area contributed by atoms with Gasteiger partial charge in [-0.1, -0.05) is 41.5 Å². The van der Waals surface area contributed by atoms with E-state index in [9.17, 15) is 24.7 Å². The SMILES string of the molecule is [2H]C([2H])(OP1(=O)OCc2c(F)c(C(C)(C)C)cc(C(C)(C)C)c2O1)[C@@]1(F)O[C@@H](n2cc(CO)c(=O)[nH]c2=S)[C@H](O)[C@@H]1O. The van der Waals surface area contributed by atoms with Gasteiger partial charge in [0, 0.05) is 11.8 Å². The van der Waals surface area contributed by atoms with Crippen LogP contribution in [-0.4, -0.2) is 49.5 Å². The number of hydrogen-bond acceptors (Lipinski definition) is 10. The monoisotopic (exact) mass is 608 g/mol. The summed E-state index contributed by atoms with van der Waals surface area (Å²) in [6.45, 7) is 5.53. The first-order chi connectivity index (χ1) is 19.1. The van der Waals surface area contributed by atoms with E-state index in [1.807, 2.05) is 0 Å². The summed E-state index contributed by atoms with van der Waals surface area (Å²) in [5, 5.41) is 30.5. The molecule has 0 radical (unpaired) electrons. The van der Waals surface area contributed by atoms with Crippen LogP contribution < -0.4 is 10.1 Å². The zero-order chi connectivity index (χ0) is 31.8. The third-order valence-electron chi connectivity index (χ3n) is 6.57. The largest absolute Gasteiger partial charge is 0.530 e. The molecule has 4 rings (SSSR count). The number of aromatic amines is 1. The lowest BCUT2D eigenvalue weighted by Gasteiger charge is -2.34. The Morgan fingerprint density at radius 2 is 1.90 bits per heavy atom. The molecule has 0 saturated carbocycles. The predicted molar refractivity (Wildman–Crippen MR) is 141 cm³/mol. The minimum absolute atomic E-state index is 0.0854. The maximum absolute atomic E-state index is 16.2. The van der Waals surface area contributed by atoms with E-state index in [1.165, 1.54) is 0 Å². The van der Waals surface area contributed by atoms with E-state index in [0.717, 1.165) is 10.8 Å². The van der Waals surface area contributed by atoms with Gasteiger partial charge < -0.3 is 24.6 Å². The van der Waals surface area contributed by atoms with E-state index >= 15 is 8.78 Å². The van der Waals surface area contributed by atoms with E-state index in [2.05, 4.69) is 4.98 Å². The summed E-state index contributed by atoms with van der Waals surface area (Å²) >= 11 is 5.00. The van der Waals surface area contributed by atoms with Crippen molar-refractivity contribution >= 4 is 20.0 Å². The van der Waals surface area contributed by atoms with Gasteiger partial charge in [-0.05, 0) is 34.7 Å². The number of rotatable bonds is 5. The second-order valence-electron chi connectivity index (χ2n) is 11.7. The molecule has 1 unspecified atom stereocenters. The Labute approximate surface area is 237 Å². The summed E-state index contributed by atoms with van der Waals surface area (Å²) in [6, 6.07) is 1.55. The standard InChI is InChI=1S/C25H33F2N2O9PS/c1-23(2,3)14-7-15(24(4,5)6)18-13(16(14)26)10-35-39(34,38-18)36-11-25(27)19(32)17(31)21(37-25)29-8-12(9-30)20(33)28-22(29)40/h7-8,17,19,21,30-32H,9-11H2,1-6H3,(H,28,33,40)/t17-,19+,21-,25-,39?/m1/s1/i11D2. The van der Waals surface area contributed by atoms with Crippen molar-refractivity contribution in [3.63, 3.8) is 0 Å². The molecule has 40 heavy (non-hydrogen) atoms. The summed E-state index contributed by atoms with van der Waals surface area (Å²) in [4.78, 5) is 14.1. The number of aliphatic hydroxyl groups is 3. The van der Waals surface area contributed by atoms with E-state index < -0.39 is 78.9 Å². The Hall–Kier alpha value is -2.03. The molecule has 2 aliphatic heterocycles. The van der Waals surface area contributed by atoms with Gasteiger partial charge in [-0.15, -0.1) is 0 Å². The average Bonchev–Trinajstić information content (AvgIpc) is 3.07. The van der Waals surface area contributed by atoms with Gasteiger partial charge in [-0.25, -0.2) is 13.3 Å². The Kier molecular flexibility index (Phi) is 7.28. The van der Waals surface area contributed by atoms with Crippen molar-refractivity contribution < 1.29 is 49.7 Å². The van der Waals surface area contributed by atoms with E-state index in [0.29, 0.717) is 11.1 Å². The molecule has 4 N–H and O–H groups in total. The molecule has 0 bridgehead atoms. The molecule has 2 aromatic rings. The van der Waals surface area contributed by atoms with Crippen LogP contribution in [0.1, 0.15) is 72.8 Å². The molecule has 1 fully saturated rings. The fourth-order valence-electron chi connectivity index (χ4n) is 4.30. The molecule has 0 spiro atoms. The third kappa shape index (κ3) is 5.56. The quantitative estimate of drug-likeness (QED) is 0.292. The highest BCUT2D eigenvalue weighted by Crippen LogP contribution is 2.58. The molecule has 222 valence electrons. The predicted octanol–water partition coefficient (Wildman–Crippen LogP) is 3.78. The van der Waals surface area contributed by atoms with Crippen LogP contribution in [0, 0.1) is 10.6 Å². The van der Waals surface area contributed by atoms with Crippen molar-refractivity contribution in [2.75, 3.05) is 6.56 Å². The Bertz CT molecular complexity index is 1570. The molecule has 15 heteroatoms. The molecule has 1 aromatic carbocycles. The first-order valence-corrected chi connectivity index (χ1v) is 14.1. The first kappa shape index (κ1) is 28.1. The highest BCUT2D eigenvalue weighted by molar-refractivity contribution is 7.71. The minimum atomic E-state index is -5.06. The van der Waals surface area contributed by atoms with Gasteiger partial charge in [0.1, 0.15) is 30.3 Å². The molecule has 2 aliphatic rings. The summed E-state index contributed by atoms with van der Waals surface area (Å²) in [6.07, 6.45) is -5.83. The molecule has 0 amide bonds. The number of phosphoric acid groups is 1. The van der Waals surface area contributed by atoms with Crippen LogP contribution in [0.4, 0.5) is 8.78 Å².